The van der Waals surface area contributed by atoms with Gasteiger partial charge in [0.1, 0.15) is 5.75 Å². The molecule has 2 rings (SSSR count). The number of carbonyl (C=O) groups excluding carboxylic acids is 1. The zero-order valence-electron chi connectivity index (χ0n) is 10.6. The second kappa shape index (κ2) is 6.56. The molecule has 1 heterocycles. The second-order valence-electron chi connectivity index (χ2n) is 3.70. The second-order valence-corrected chi connectivity index (χ2v) is 3.70. The molecule has 0 unspecified atom stereocenters. The maximum Gasteiger partial charge on any atom is 1.00 e. The molecule has 0 N–H and O–H groups in total. The average Bonchev–Trinajstić information content (AvgIpc) is 2.36. The van der Waals surface area contributed by atoms with Gasteiger partial charge in [-0.25, -0.2) is 0 Å². The first kappa shape index (κ1) is 15.5. The summed E-state index contributed by atoms with van der Waals surface area (Å²) >= 11 is 0. The molecular formula is C13H10NNaO4. The number of carboxylic acids is 1. The Morgan fingerprint density at radius 3 is 2.42 bits per heavy atom. The van der Waals surface area contributed by atoms with Gasteiger partial charge in [-0.05, 0) is 42.0 Å². The van der Waals surface area contributed by atoms with Crippen LogP contribution in [0.5, 0.6) is 11.5 Å². The number of aromatic carboxylic acids is 1. The van der Waals surface area contributed by atoms with Crippen LogP contribution in [0.15, 0.2) is 47.4 Å². The summed E-state index contributed by atoms with van der Waals surface area (Å²) < 4.78 is 6.77. The molecule has 0 aliphatic carbocycles. The summed E-state index contributed by atoms with van der Waals surface area (Å²) in [5, 5.41) is 10.6. The fraction of sp³-hybridized carbons (Fsp3) is 0.0769. The van der Waals surface area contributed by atoms with Gasteiger partial charge in [-0.15, -0.1) is 0 Å². The van der Waals surface area contributed by atoms with Gasteiger partial charge in [0.2, 0.25) is 0 Å². The quantitative estimate of drug-likeness (QED) is 0.579. The molecule has 0 atom stereocenters. The van der Waals surface area contributed by atoms with E-state index in [1.54, 1.807) is 25.4 Å². The number of hydrogen-bond donors (Lipinski definition) is 0. The molecule has 92 valence electrons. The summed E-state index contributed by atoms with van der Waals surface area (Å²) in [6, 6.07) is 8.90. The van der Waals surface area contributed by atoms with E-state index in [1.165, 1.54) is 28.8 Å². The first-order chi connectivity index (χ1) is 8.58. The van der Waals surface area contributed by atoms with Gasteiger partial charge in [0.15, 0.2) is 5.75 Å². The van der Waals surface area contributed by atoms with Crippen molar-refractivity contribution in [3.63, 3.8) is 0 Å². The predicted molar refractivity (Wildman–Crippen MR) is 62.5 cm³/mol. The van der Waals surface area contributed by atoms with Crippen LogP contribution in [-0.4, -0.2) is 10.5 Å². The van der Waals surface area contributed by atoms with Gasteiger partial charge in [0, 0.05) is 13.2 Å². The van der Waals surface area contributed by atoms with Crippen LogP contribution < -0.4 is 45.0 Å². The zero-order valence-corrected chi connectivity index (χ0v) is 12.6. The molecule has 2 aromatic rings. The third-order valence-corrected chi connectivity index (χ3v) is 2.41. The summed E-state index contributed by atoms with van der Waals surface area (Å²) in [7, 11) is 1.62. The fourth-order valence-electron chi connectivity index (χ4n) is 1.44. The third-order valence-electron chi connectivity index (χ3n) is 2.41. The molecule has 0 fully saturated rings. The summed E-state index contributed by atoms with van der Waals surface area (Å²) in [6.07, 6.45) is 1.62. The van der Waals surface area contributed by atoms with Crippen LogP contribution in [0.3, 0.4) is 0 Å². The first-order valence-electron chi connectivity index (χ1n) is 5.23. The minimum absolute atomic E-state index is 0. The van der Waals surface area contributed by atoms with Crippen molar-refractivity contribution in [2.45, 2.75) is 0 Å². The smallest absolute Gasteiger partial charge is 0.545 e. The number of benzene rings is 1. The Morgan fingerprint density at radius 1 is 1.21 bits per heavy atom. The van der Waals surface area contributed by atoms with E-state index in [0.717, 1.165) is 0 Å². The maximum absolute atomic E-state index is 11.7. The van der Waals surface area contributed by atoms with Crippen molar-refractivity contribution in [3.8, 4) is 11.5 Å². The molecule has 5 nitrogen and oxygen atoms in total. The summed E-state index contributed by atoms with van der Waals surface area (Å²) in [5.41, 5.74) is -0.204. The number of ether oxygens (including phenoxy) is 1. The number of carbonyl (C=O) groups is 1. The van der Waals surface area contributed by atoms with Crippen LogP contribution >= 0.6 is 0 Å². The topological polar surface area (TPSA) is 71.4 Å². The van der Waals surface area contributed by atoms with Gasteiger partial charge in [-0.1, -0.05) is 0 Å². The normalized spacial score (nSPS) is 9.53. The van der Waals surface area contributed by atoms with Crippen molar-refractivity contribution in [3.05, 3.63) is 58.5 Å². The van der Waals surface area contributed by atoms with Gasteiger partial charge in [-0.2, -0.15) is 0 Å². The van der Waals surface area contributed by atoms with Gasteiger partial charge < -0.3 is 19.2 Å². The zero-order chi connectivity index (χ0) is 13.1. The number of rotatable bonds is 3. The molecule has 0 aliphatic rings. The van der Waals surface area contributed by atoms with Gasteiger partial charge in [0.25, 0.3) is 5.56 Å². The van der Waals surface area contributed by atoms with Crippen molar-refractivity contribution >= 4 is 5.97 Å². The Balaban J connectivity index is 0.00000180. The van der Waals surface area contributed by atoms with Crippen molar-refractivity contribution < 1.29 is 44.2 Å². The van der Waals surface area contributed by atoms with E-state index < -0.39 is 5.97 Å². The largest absolute Gasteiger partial charge is 1.00 e. The average molecular weight is 267 g/mol. The molecule has 0 amide bonds. The number of aromatic nitrogens is 1. The van der Waals surface area contributed by atoms with Crippen LogP contribution in [0.2, 0.25) is 0 Å². The monoisotopic (exact) mass is 267 g/mol. The molecule has 0 saturated carbocycles. The van der Waals surface area contributed by atoms with Crippen molar-refractivity contribution in [2.24, 2.45) is 7.05 Å². The SMILES string of the molecule is Cn1cccc(Oc2ccc(C(=O)[O-])cc2)c1=O.[Na+]. The van der Waals surface area contributed by atoms with Gasteiger partial charge in [0.05, 0.1) is 5.97 Å². The third kappa shape index (κ3) is 3.70. The predicted octanol–water partition coefficient (Wildman–Crippen LogP) is -2.45. The Morgan fingerprint density at radius 2 is 1.84 bits per heavy atom. The number of pyridine rings is 1. The molecule has 6 heteroatoms. The van der Waals surface area contributed by atoms with E-state index >= 15 is 0 Å². The molecule has 0 aliphatic heterocycles. The van der Waals surface area contributed by atoms with Gasteiger partial charge >= 0.3 is 29.6 Å². The molecule has 19 heavy (non-hydrogen) atoms. The molecule has 0 radical (unpaired) electrons. The summed E-state index contributed by atoms with van der Waals surface area (Å²) in [4.78, 5) is 22.2. The molecule has 1 aromatic carbocycles. The standard InChI is InChI=1S/C13H11NO4.Na/c1-14-8-2-3-11(12(14)15)18-10-6-4-9(5-7-10)13(16)17;/h2-8H,1H3,(H,16,17);/q;+1/p-1. The van der Waals surface area contributed by atoms with Crippen LogP contribution in [0.25, 0.3) is 0 Å². The van der Waals surface area contributed by atoms with E-state index in [9.17, 15) is 14.7 Å². The van der Waals surface area contributed by atoms with Crippen LogP contribution in [0, 0.1) is 0 Å². The molecule has 1 aromatic heterocycles. The van der Waals surface area contributed by atoms with Gasteiger partial charge in [-0.3, -0.25) is 4.79 Å². The minimum Gasteiger partial charge on any atom is -0.545 e. The number of carboxylic acid groups (broad SMARTS) is 1. The van der Waals surface area contributed by atoms with Crippen molar-refractivity contribution in [1.82, 2.24) is 4.57 Å². The Kier molecular flexibility index (Phi) is 5.35. The van der Waals surface area contributed by atoms with Crippen LogP contribution in [0.4, 0.5) is 0 Å². The van der Waals surface area contributed by atoms with E-state index in [2.05, 4.69) is 0 Å². The first-order valence-corrected chi connectivity index (χ1v) is 5.23. The van der Waals surface area contributed by atoms with E-state index in [1.807, 2.05) is 0 Å². The van der Waals surface area contributed by atoms with Crippen molar-refractivity contribution in [1.29, 1.82) is 0 Å². The van der Waals surface area contributed by atoms with Crippen molar-refractivity contribution in [2.75, 3.05) is 0 Å². The van der Waals surface area contributed by atoms with E-state index in [-0.39, 0.29) is 46.4 Å². The Labute approximate surface area is 131 Å². The molecule has 0 bridgehead atoms. The van der Waals surface area contributed by atoms with E-state index in [0.29, 0.717) is 5.75 Å². The molecule has 0 spiro atoms. The maximum atomic E-state index is 11.7. The minimum atomic E-state index is -1.25. The Bertz CT molecular complexity index is 634. The van der Waals surface area contributed by atoms with Crippen LogP contribution in [0.1, 0.15) is 10.4 Å². The number of nitrogens with zero attached hydrogens (tertiary/aromatic N) is 1. The summed E-state index contributed by atoms with van der Waals surface area (Å²) in [6.45, 7) is 0. The summed E-state index contributed by atoms with van der Waals surface area (Å²) in [5.74, 6) is -0.679. The van der Waals surface area contributed by atoms with Crippen LogP contribution in [-0.2, 0) is 7.05 Å². The fourth-order valence-corrected chi connectivity index (χ4v) is 1.44. The number of aryl methyl sites for hydroxylation is 1. The molecular weight excluding hydrogens is 257 g/mol. The Hall–Kier alpha value is -1.56. The molecule has 0 saturated heterocycles. The van der Waals surface area contributed by atoms with E-state index in [4.69, 9.17) is 4.74 Å². The number of hydrogen-bond acceptors (Lipinski definition) is 4.